The number of carboxylic acid groups (broad SMARTS) is 1. The first-order chi connectivity index (χ1) is 16.5. The molecule has 0 saturated heterocycles. The molecule has 2 N–H and O–H groups in total. The van der Waals surface area contributed by atoms with Gasteiger partial charge < -0.3 is 19.0 Å². The number of rotatable bonds is 10. The molecule has 0 radical (unpaired) electrons. The first-order valence-corrected chi connectivity index (χ1v) is 11.7. The predicted molar refractivity (Wildman–Crippen MR) is 129 cm³/mol. The van der Waals surface area contributed by atoms with Crippen molar-refractivity contribution >= 4 is 51.4 Å². The van der Waals surface area contributed by atoms with Crippen LogP contribution in [-0.2, 0) is 11.4 Å². The Balaban J connectivity index is 1.28. The summed E-state index contributed by atoms with van der Waals surface area (Å²) >= 11 is 2.91. The van der Waals surface area contributed by atoms with E-state index in [1.165, 1.54) is 37.2 Å². The van der Waals surface area contributed by atoms with E-state index in [-0.39, 0.29) is 24.0 Å². The molecule has 0 spiro atoms. The van der Waals surface area contributed by atoms with Crippen LogP contribution in [0.5, 0.6) is 11.5 Å². The Bertz CT molecular complexity index is 1310. The minimum absolute atomic E-state index is 0.0411. The molecule has 0 aliphatic heterocycles. The third-order valence-electron chi connectivity index (χ3n) is 4.43. The van der Waals surface area contributed by atoms with Gasteiger partial charge in [-0.25, -0.2) is 15.2 Å². The van der Waals surface area contributed by atoms with Crippen molar-refractivity contribution in [1.29, 1.82) is 0 Å². The van der Waals surface area contributed by atoms with Gasteiger partial charge in [0.15, 0.2) is 15.8 Å². The van der Waals surface area contributed by atoms with Crippen LogP contribution < -0.4 is 14.9 Å². The molecule has 9 nitrogen and oxygen atoms in total. The smallest absolute Gasteiger partial charge is 0.371 e. The lowest BCUT2D eigenvalue weighted by molar-refractivity contribution is -0.118. The van der Waals surface area contributed by atoms with Gasteiger partial charge in [-0.15, -0.1) is 11.3 Å². The molecule has 11 heteroatoms. The third kappa shape index (κ3) is 5.94. The van der Waals surface area contributed by atoms with Gasteiger partial charge in [-0.3, -0.25) is 4.79 Å². The van der Waals surface area contributed by atoms with Gasteiger partial charge >= 0.3 is 5.97 Å². The lowest BCUT2D eigenvalue weighted by Gasteiger charge is -2.10. The Morgan fingerprint density at radius 3 is 2.82 bits per heavy atom. The molecule has 2 heterocycles. The molecule has 0 bridgehead atoms. The molecule has 2 aromatic carbocycles. The molecule has 0 atom stereocenters. The maximum atomic E-state index is 12.1. The van der Waals surface area contributed by atoms with E-state index in [2.05, 4.69) is 15.5 Å². The fourth-order valence-electron chi connectivity index (χ4n) is 2.85. The largest absolute Gasteiger partial charge is 0.493 e. The summed E-state index contributed by atoms with van der Waals surface area (Å²) in [6.07, 6.45) is 1.50. The first kappa shape index (κ1) is 23.3. The third-order valence-corrected chi connectivity index (χ3v) is 6.61. The summed E-state index contributed by atoms with van der Waals surface area (Å²) in [6.45, 7) is 0.0411. The van der Waals surface area contributed by atoms with Gasteiger partial charge in [-0.2, -0.15) is 5.10 Å². The minimum atomic E-state index is -1.14. The minimum Gasteiger partial charge on any atom is -0.493 e. The van der Waals surface area contributed by atoms with Crippen LogP contribution in [0.4, 0.5) is 0 Å². The maximum Gasteiger partial charge on any atom is 0.371 e. The summed E-state index contributed by atoms with van der Waals surface area (Å²) in [6, 6.07) is 15.9. The van der Waals surface area contributed by atoms with Crippen LogP contribution in [0.25, 0.3) is 10.2 Å². The molecule has 1 amide bonds. The summed E-state index contributed by atoms with van der Waals surface area (Å²) in [4.78, 5) is 27.5. The van der Waals surface area contributed by atoms with E-state index >= 15 is 0 Å². The zero-order valence-electron chi connectivity index (χ0n) is 17.9. The van der Waals surface area contributed by atoms with E-state index in [0.717, 1.165) is 14.6 Å². The summed E-state index contributed by atoms with van der Waals surface area (Å²) in [7, 11) is 1.50. The Morgan fingerprint density at radius 1 is 1.21 bits per heavy atom. The van der Waals surface area contributed by atoms with Crippen LogP contribution in [0.1, 0.15) is 21.9 Å². The number of aromatic carboxylic acids is 1. The van der Waals surface area contributed by atoms with Gasteiger partial charge in [0.1, 0.15) is 12.4 Å². The Morgan fingerprint density at radius 2 is 2.06 bits per heavy atom. The standard InChI is InChI=1S/C23H19N3O6S2/c1-30-19-10-14(6-8-17(19)31-12-15-7-9-18(32-15)22(28)29)11-24-26-21(27)13-33-23-25-16-4-2-3-5-20(16)34-23/h2-11H,12-13H2,1H3,(H,26,27)(H,28,29)/b24-11+. The SMILES string of the molecule is COc1cc(/C=N/NC(=O)CSc2nc3ccccc3s2)ccc1OCc1ccc(C(=O)O)o1. The Hall–Kier alpha value is -3.83. The quantitative estimate of drug-likeness (QED) is 0.188. The van der Waals surface area contributed by atoms with Gasteiger partial charge in [-0.05, 0) is 48.0 Å². The fraction of sp³-hybridized carbons (Fsp3) is 0.130. The fourth-order valence-corrected chi connectivity index (χ4v) is 4.72. The monoisotopic (exact) mass is 497 g/mol. The van der Waals surface area contributed by atoms with Gasteiger partial charge in [0.05, 0.1) is 29.3 Å². The number of aromatic nitrogens is 1. The normalized spacial score (nSPS) is 11.1. The number of nitrogens with one attached hydrogen (secondary N) is 1. The Kier molecular flexibility index (Phi) is 7.45. The molecule has 0 aliphatic rings. The average Bonchev–Trinajstić information content (AvgIpc) is 3.48. The van der Waals surface area contributed by atoms with Gasteiger partial charge in [0, 0.05) is 0 Å². The molecule has 0 fully saturated rings. The summed E-state index contributed by atoms with van der Waals surface area (Å²) in [5, 5.41) is 12.9. The molecule has 0 saturated carbocycles. The number of methoxy groups -OCH3 is 1. The lowest BCUT2D eigenvalue weighted by Crippen LogP contribution is -2.19. The number of thioether (sulfide) groups is 1. The highest BCUT2D eigenvalue weighted by molar-refractivity contribution is 8.01. The van der Waals surface area contributed by atoms with Crippen LogP contribution in [0, 0.1) is 0 Å². The predicted octanol–water partition coefficient (Wildman–Crippen LogP) is 4.42. The number of thiazole rings is 1. The number of hydrogen-bond donors (Lipinski definition) is 2. The van der Waals surface area contributed by atoms with Gasteiger partial charge in [-0.1, -0.05) is 23.9 Å². The topological polar surface area (TPSA) is 123 Å². The number of hydrogen-bond acceptors (Lipinski definition) is 9. The number of para-hydroxylation sites is 1. The molecule has 0 aliphatic carbocycles. The van der Waals surface area contributed by atoms with Crippen molar-refractivity contribution in [2.75, 3.05) is 12.9 Å². The molecule has 34 heavy (non-hydrogen) atoms. The number of amides is 1. The molecule has 2 aromatic heterocycles. The lowest BCUT2D eigenvalue weighted by atomic mass is 10.2. The van der Waals surface area contributed by atoms with E-state index < -0.39 is 5.97 Å². The van der Waals surface area contributed by atoms with Crippen molar-refractivity contribution in [3.8, 4) is 11.5 Å². The highest BCUT2D eigenvalue weighted by atomic mass is 32.2. The number of hydrazone groups is 1. The zero-order chi connectivity index (χ0) is 23.9. The van der Waals surface area contributed by atoms with Crippen molar-refractivity contribution in [2.45, 2.75) is 10.9 Å². The highest BCUT2D eigenvalue weighted by Crippen LogP contribution is 2.30. The number of carbonyl (C=O) groups is 2. The number of ether oxygens (including phenoxy) is 2. The van der Waals surface area contributed by atoms with Crippen LogP contribution >= 0.6 is 23.1 Å². The summed E-state index contributed by atoms with van der Waals surface area (Å²) < 4.78 is 18.1. The molecular weight excluding hydrogens is 478 g/mol. The molecule has 174 valence electrons. The van der Waals surface area contributed by atoms with E-state index in [1.54, 1.807) is 29.5 Å². The molecule has 0 unspecified atom stereocenters. The van der Waals surface area contributed by atoms with Crippen LogP contribution in [0.3, 0.4) is 0 Å². The van der Waals surface area contributed by atoms with E-state index in [1.807, 2.05) is 24.3 Å². The number of furan rings is 1. The highest BCUT2D eigenvalue weighted by Gasteiger charge is 2.11. The number of benzene rings is 2. The molecular formula is C23H19N3O6S2. The van der Waals surface area contributed by atoms with Crippen molar-refractivity contribution in [2.24, 2.45) is 5.10 Å². The van der Waals surface area contributed by atoms with Crippen molar-refractivity contribution < 1.29 is 28.6 Å². The Labute approximate surface area is 202 Å². The van der Waals surface area contributed by atoms with Crippen LogP contribution in [0.2, 0.25) is 0 Å². The average molecular weight is 498 g/mol. The molecule has 4 rings (SSSR count). The number of carbonyl (C=O) groups excluding carboxylic acids is 1. The zero-order valence-corrected chi connectivity index (χ0v) is 19.5. The van der Waals surface area contributed by atoms with Gasteiger partial charge in [0.2, 0.25) is 5.76 Å². The second-order valence-corrected chi connectivity index (χ2v) is 9.05. The van der Waals surface area contributed by atoms with Crippen LogP contribution in [0.15, 0.2) is 68.5 Å². The van der Waals surface area contributed by atoms with Gasteiger partial charge in [0.25, 0.3) is 5.91 Å². The number of carboxylic acids is 1. The first-order valence-electron chi connectivity index (χ1n) is 9.95. The van der Waals surface area contributed by atoms with Crippen LogP contribution in [-0.4, -0.2) is 41.0 Å². The van der Waals surface area contributed by atoms with E-state index in [4.69, 9.17) is 19.0 Å². The van der Waals surface area contributed by atoms with Crippen molar-refractivity contribution in [3.05, 3.63) is 71.7 Å². The second kappa shape index (κ2) is 10.9. The van der Waals surface area contributed by atoms with Crippen molar-refractivity contribution in [3.63, 3.8) is 0 Å². The van der Waals surface area contributed by atoms with E-state index in [9.17, 15) is 9.59 Å². The number of nitrogens with zero attached hydrogens (tertiary/aromatic N) is 2. The summed E-state index contributed by atoms with van der Waals surface area (Å²) in [5.41, 5.74) is 4.11. The van der Waals surface area contributed by atoms with Crippen molar-refractivity contribution in [1.82, 2.24) is 10.4 Å². The molecule has 4 aromatic rings. The number of fused-ring (bicyclic) bond motifs is 1. The van der Waals surface area contributed by atoms with E-state index in [0.29, 0.717) is 22.8 Å². The maximum absolute atomic E-state index is 12.1. The summed E-state index contributed by atoms with van der Waals surface area (Å²) in [5.74, 6) is -0.0737. The second-order valence-electron chi connectivity index (χ2n) is 6.80.